The molecule has 14 heteroatoms. The molecule has 0 unspecified atom stereocenters. The Bertz CT molecular complexity index is 1430. The van der Waals surface area contributed by atoms with Crippen LogP contribution in [0.15, 0.2) is 46.1 Å². The number of aromatic nitrogens is 5. The van der Waals surface area contributed by atoms with Crippen molar-refractivity contribution in [2.45, 2.75) is 6.92 Å². The number of carbonyl (C=O) groups excluding carboxylic acids is 1. The number of nitrogens with two attached hydrogens (primary N) is 1. The first kappa shape index (κ1) is 24.0. The number of amides is 1. The molecule has 2 heterocycles. The normalized spacial score (nSPS) is 11.4. The summed E-state index contributed by atoms with van der Waals surface area (Å²) in [6, 6.07) is 10.0. The average Bonchev–Trinajstić information content (AvgIpc) is 3.49. The lowest BCUT2D eigenvalue weighted by Crippen LogP contribution is -2.21. The molecule has 0 aliphatic rings. The average molecular weight is 517 g/mol. The summed E-state index contributed by atoms with van der Waals surface area (Å²) >= 11 is 12.2. The van der Waals surface area contributed by atoms with Gasteiger partial charge >= 0.3 is 0 Å². The monoisotopic (exact) mass is 516 g/mol. The Morgan fingerprint density at radius 3 is 2.51 bits per heavy atom. The molecule has 0 atom stereocenters. The first-order valence-electron chi connectivity index (χ1n) is 9.90. The molecule has 180 valence electrons. The summed E-state index contributed by atoms with van der Waals surface area (Å²) in [6.45, 7) is 1.72. The molecule has 12 nitrogen and oxygen atoms in total. The van der Waals surface area contributed by atoms with E-state index in [4.69, 9.17) is 38.4 Å². The zero-order valence-corrected chi connectivity index (χ0v) is 20.1. The van der Waals surface area contributed by atoms with Gasteiger partial charge in [-0.3, -0.25) is 4.79 Å². The molecule has 2 aromatic heterocycles. The molecule has 2 aromatic carbocycles. The van der Waals surface area contributed by atoms with E-state index >= 15 is 0 Å². The van der Waals surface area contributed by atoms with E-state index in [1.54, 1.807) is 50.4 Å². The first-order valence-corrected chi connectivity index (χ1v) is 10.7. The molecule has 0 aliphatic carbocycles. The number of carbonyl (C=O) groups is 1. The van der Waals surface area contributed by atoms with E-state index in [9.17, 15) is 4.79 Å². The van der Waals surface area contributed by atoms with Gasteiger partial charge in [-0.05, 0) is 47.6 Å². The van der Waals surface area contributed by atoms with Crippen LogP contribution >= 0.6 is 23.2 Å². The molecular formula is C21H18Cl2N8O4. The lowest BCUT2D eigenvalue weighted by atomic mass is 10.1. The van der Waals surface area contributed by atoms with Gasteiger partial charge in [0.05, 0.1) is 30.0 Å². The Kier molecular flexibility index (Phi) is 6.85. The van der Waals surface area contributed by atoms with Crippen molar-refractivity contribution >= 4 is 40.6 Å². The Morgan fingerprint density at radius 2 is 1.86 bits per heavy atom. The highest BCUT2D eigenvalue weighted by Gasteiger charge is 2.25. The predicted octanol–water partition coefficient (Wildman–Crippen LogP) is 3.38. The number of hydrogen-bond acceptors (Lipinski definition) is 10. The van der Waals surface area contributed by atoms with Crippen molar-refractivity contribution in [2.75, 3.05) is 20.0 Å². The molecule has 0 saturated carbocycles. The molecule has 4 rings (SSSR count). The summed E-state index contributed by atoms with van der Waals surface area (Å²) in [7, 11) is 3.07. The highest BCUT2D eigenvalue weighted by molar-refractivity contribution is 6.42. The Hall–Kier alpha value is -4.16. The predicted molar refractivity (Wildman–Crippen MR) is 128 cm³/mol. The minimum Gasteiger partial charge on any atom is -0.493 e. The second-order valence-electron chi connectivity index (χ2n) is 7.01. The lowest BCUT2D eigenvalue weighted by Gasteiger charge is -2.09. The molecule has 0 aliphatic heterocycles. The number of nitrogens with zero attached hydrogens (tertiary/aromatic N) is 6. The summed E-state index contributed by atoms with van der Waals surface area (Å²) in [5.74, 6) is 0.437. The number of hydrogen-bond donors (Lipinski definition) is 2. The summed E-state index contributed by atoms with van der Waals surface area (Å²) < 4.78 is 16.4. The number of ether oxygens (including phenoxy) is 2. The molecule has 0 radical (unpaired) electrons. The number of hydrazone groups is 1. The second-order valence-corrected chi connectivity index (χ2v) is 7.82. The van der Waals surface area contributed by atoms with Gasteiger partial charge in [0, 0.05) is 11.1 Å². The fourth-order valence-corrected chi connectivity index (χ4v) is 3.43. The molecule has 1 amide bonds. The van der Waals surface area contributed by atoms with E-state index in [0.29, 0.717) is 33.4 Å². The van der Waals surface area contributed by atoms with Gasteiger partial charge in [0.2, 0.25) is 11.6 Å². The van der Waals surface area contributed by atoms with Gasteiger partial charge in [-0.1, -0.05) is 34.5 Å². The maximum atomic E-state index is 13.1. The fraction of sp³-hybridized carbons (Fsp3) is 0.143. The third-order valence-electron chi connectivity index (χ3n) is 4.90. The smallest absolute Gasteiger partial charge is 0.294 e. The summed E-state index contributed by atoms with van der Waals surface area (Å²) in [5, 5.41) is 20.1. The number of halogens is 2. The van der Waals surface area contributed by atoms with Gasteiger partial charge in [-0.15, -0.1) is 5.10 Å². The van der Waals surface area contributed by atoms with Crippen LogP contribution < -0.4 is 20.6 Å². The van der Waals surface area contributed by atoms with Crippen LogP contribution in [0, 0.1) is 0 Å². The van der Waals surface area contributed by atoms with Crippen LogP contribution in [0.3, 0.4) is 0 Å². The van der Waals surface area contributed by atoms with E-state index in [1.165, 1.54) is 11.8 Å². The number of methoxy groups -OCH3 is 2. The van der Waals surface area contributed by atoms with Crippen LogP contribution in [-0.2, 0) is 0 Å². The molecule has 0 fully saturated rings. The van der Waals surface area contributed by atoms with E-state index in [1.807, 2.05) is 0 Å². The minimum atomic E-state index is -0.646. The van der Waals surface area contributed by atoms with Crippen LogP contribution in [0.5, 0.6) is 11.5 Å². The van der Waals surface area contributed by atoms with Crippen LogP contribution in [0.2, 0.25) is 10.0 Å². The third-order valence-corrected chi connectivity index (χ3v) is 5.64. The highest BCUT2D eigenvalue weighted by Crippen LogP contribution is 2.32. The van der Waals surface area contributed by atoms with Crippen molar-refractivity contribution < 1.29 is 18.9 Å². The largest absolute Gasteiger partial charge is 0.493 e. The van der Waals surface area contributed by atoms with Crippen LogP contribution in [0.4, 0.5) is 5.82 Å². The van der Waals surface area contributed by atoms with E-state index < -0.39 is 5.91 Å². The van der Waals surface area contributed by atoms with Crippen molar-refractivity contribution in [1.82, 2.24) is 30.7 Å². The van der Waals surface area contributed by atoms with Crippen LogP contribution in [0.1, 0.15) is 23.0 Å². The van der Waals surface area contributed by atoms with Gasteiger partial charge < -0.3 is 15.2 Å². The van der Waals surface area contributed by atoms with E-state index in [-0.39, 0.29) is 28.0 Å². The molecule has 0 saturated heterocycles. The van der Waals surface area contributed by atoms with Crippen LogP contribution in [0.25, 0.3) is 17.1 Å². The maximum Gasteiger partial charge on any atom is 0.294 e. The first-order chi connectivity index (χ1) is 16.8. The van der Waals surface area contributed by atoms with Crippen molar-refractivity contribution in [3.8, 4) is 28.6 Å². The number of nitrogens with one attached hydrogen (secondary N) is 1. The van der Waals surface area contributed by atoms with Gasteiger partial charge in [0.1, 0.15) is 5.69 Å². The molecule has 0 spiro atoms. The van der Waals surface area contributed by atoms with E-state index in [2.05, 4.69) is 35.8 Å². The lowest BCUT2D eigenvalue weighted by molar-refractivity contribution is 0.0950. The van der Waals surface area contributed by atoms with Gasteiger partial charge in [-0.25, -0.2) is 10.1 Å². The summed E-state index contributed by atoms with van der Waals surface area (Å²) in [4.78, 5) is 13.1. The van der Waals surface area contributed by atoms with Gasteiger partial charge in [0.15, 0.2) is 17.2 Å². The number of benzene rings is 2. The standard InChI is InChI=1S/C21H18Cl2N8O4/c1-10(11-5-7-15(33-2)16(9-11)34-3)25-27-21(32)17-18(12-4-6-13(22)14(23)8-12)31(30-26-17)20-19(24)28-35-29-20/h4-9H,1-3H3,(H2,24,28)(H,27,32)/b25-10-. The fourth-order valence-electron chi connectivity index (χ4n) is 3.14. The zero-order valence-electron chi connectivity index (χ0n) is 18.6. The molecule has 35 heavy (non-hydrogen) atoms. The summed E-state index contributed by atoms with van der Waals surface area (Å²) in [5.41, 5.74) is 10.1. The quantitative estimate of drug-likeness (QED) is 0.277. The number of anilines is 1. The van der Waals surface area contributed by atoms with Crippen molar-refractivity contribution in [1.29, 1.82) is 0 Å². The SMILES string of the molecule is COc1ccc(/C(C)=N\NC(=O)c2nnn(-c3nonc3N)c2-c2ccc(Cl)c(Cl)c2)cc1OC. The number of nitrogen functional groups attached to an aromatic ring is 1. The topological polar surface area (TPSA) is 156 Å². The summed E-state index contributed by atoms with van der Waals surface area (Å²) in [6.07, 6.45) is 0. The second kappa shape index (κ2) is 9.99. The molecule has 4 aromatic rings. The highest BCUT2D eigenvalue weighted by atomic mass is 35.5. The molecule has 3 N–H and O–H groups in total. The Labute approximate surface area is 208 Å². The van der Waals surface area contributed by atoms with Gasteiger partial charge in [-0.2, -0.15) is 9.78 Å². The zero-order chi connectivity index (χ0) is 25.1. The maximum absolute atomic E-state index is 13.1. The Balaban J connectivity index is 1.70. The van der Waals surface area contributed by atoms with Gasteiger partial charge in [0.25, 0.3) is 5.91 Å². The Morgan fingerprint density at radius 1 is 1.09 bits per heavy atom. The van der Waals surface area contributed by atoms with Crippen molar-refractivity contribution in [2.24, 2.45) is 5.10 Å². The molecular weight excluding hydrogens is 499 g/mol. The number of rotatable bonds is 7. The minimum absolute atomic E-state index is 0.0441. The van der Waals surface area contributed by atoms with Crippen molar-refractivity contribution in [3.05, 3.63) is 57.7 Å². The van der Waals surface area contributed by atoms with Crippen molar-refractivity contribution in [3.63, 3.8) is 0 Å². The third kappa shape index (κ3) is 4.74. The molecule has 0 bridgehead atoms. The van der Waals surface area contributed by atoms with Crippen LogP contribution in [-0.4, -0.2) is 51.1 Å². The van der Waals surface area contributed by atoms with E-state index in [0.717, 1.165) is 0 Å².